The first-order chi connectivity index (χ1) is 9.56. The van der Waals surface area contributed by atoms with Crippen LogP contribution in [0.4, 0.5) is 0 Å². The molecule has 0 saturated heterocycles. The van der Waals surface area contributed by atoms with Crippen LogP contribution in [0.25, 0.3) is 0 Å². The number of benzene rings is 2. The lowest BCUT2D eigenvalue weighted by Crippen LogP contribution is -2.03. The van der Waals surface area contributed by atoms with Crippen LogP contribution in [0.1, 0.15) is 15.9 Å². The second-order valence-electron chi connectivity index (χ2n) is 4.02. The molecule has 0 bridgehead atoms. The highest BCUT2D eigenvalue weighted by molar-refractivity contribution is 9.10. The highest BCUT2D eigenvalue weighted by Crippen LogP contribution is 2.29. The molecule has 0 saturated carbocycles. The standard InChI is InChI=1S/C15H12BrClO3/c1-19-10-4-5-12(16)11(8-10)15(18)9-3-6-13(17)14(7-9)20-2/h3-8H,1-2H3. The number of carbonyl (C=O) groups is 1. The Morgan fingerprint density at radius 2 is 1.85 bits per heavy atom. The summed E-state index contributed by atoms with van der Waals surface area (Å²) in [6.45, 7) is 0. The number of hydrogen-bond donors (Lipinski definition) is 0. The van der Waals surface area contributed by atoms with Crippen molar-refractivity contribution < 1.29 is 14.3 Å². The average Bonchev–Trinajstić information content (AvgIpc) is 2.47. The van der Waals surface area contributed by atoms with Crippen molar-refractivity contribution >= 4 is 33.3 Å². The van der Waals surface area contributed by atoms with E-state index in [0.29, 0.717) is 32.1 Å². The number of carbonyl (C=O) groups excluding carboxylic acids is 1. The molecule has 0 amide bonds. The summed E-state index contributed by atoms with van der Waals surface area (Å²) in [6, 6.07) is 10.2. The molecule has 104 valence electrons. The average molecular weight is 356 g/mol. The van der Waals surface area contributed by atoms with Gasteiger partial charge < -0.3 is 9.47 Å². The Labute approximate surface area is 130 Å². The smallest absolute Gasteiger partial charge is 0.194 e. The first kappa shape index (κ1) is 14.9. The maximum Gasteiger partial charge on any atom is 0.194 e. The van der Waals surface area contributed by atoms with Gasteiger partial charge in [0.15, 0.2) is 5.78 Å². The van der Waals surface area contributed by atoms with Gasteiger partial charge in [-0.05, 0) is 36.4 Å². The van der Waals surface area contributed by atoms with Gasteiger partial charge in [0.05, 0.1) is 19.2 Å². The molecule has 2 aromatic rings. The number of rotatable bonds is 4. The molecule has 5 heteroatoms. The van der Waals surface area contributed by atoms with E-state index in [0.717, 1.165) is 0 Å². The first-order valence-corrected chi connectivity index (χ1v) is 6.95. The lowest BCUT2D eigenvalue weighted by molar-refractivity contribution is 0.103. The van der Waals surface area contributed by atoms with Crippen LogP contribution in [0.3, 0.4) is 0 Å². The van der Waals surface area contributed by atoms with Gasteiger partial charge >= 0.3 is 0 Å². The third-order valence-corrected chi connectivity index (χ3v) is 3.84. The highest BCUT2D eigenvalue weighted by Gasteiger charge is 2.15. The summed E-state index contributed by atoms with van der Waals surface area (Å²) in [5.74, 6) is 0.958. The van der Waals surface area contributed by atoms with E-state index in [-0.39, 0.29) is 5.78 Å². The lowest BCUT2D eigenvalue weighted by Gasteiger charge is -2.09. The van der Waals surface area contributed by atoms with Crippen LogP contribution in [-0.4, -0.2) is 20.0 Å². The molecule has 0 radical (unpaired) electrons. The zero-order valence-electron chi connectivity index (χ0n) is 10.9. The van der Waals surface area contributed by atoms with Crippen molar-refractivity contribution in [3.05, 3.63) is 57.0 Å². The van der Waals surface area contributed by atoms with Gasteiger partial charge in [-0.15, -0.1) is 0 Å². The molecule has 0 aromatic heterocycles. The molecule has 20 heavy (non-hydrogen) atoms. The van der Waals surface area contributed by atoms with Crippen molar-refractivity contribution in [1.82, 2.24) is 0 Å². The molecule has 0 unspecified atom stereocenters. The fourth-order valence-corrected chi connectivity index (χ4v) is 2.38. The Kier molecular flexibility index (Phi) is 4.68. The summed E-state index contributed by atoms with van der Waals surface area (Å²) >= 11 is 9.33. The van der Waals surface area contributed by atoms with Crippen LogP contribution in [0.5, 0.6) is 11.5 Å². The van der Waals surface area contributed by atoms with Crippen molar-refractivity contribution in [1.29, 1.82) is 0 Å². The van der Waals surface area contributed by atoms with E-state index in [9.17, 15) is 4.79 Å². The molecule has 0 heterocycles. The number of methoxy groups -OCH3 is 2. The molecular weight excluding hydrogens is 344 g/mol. The second-order valence-corrected chi connectivity index (χ2v) is 5.29. The fraction of sp³-hybridized carbons (Fsp3) is 0.133. The zero-order chi connectivity index (χ0) is 14.7. The normalized spacial score (nSPS) is 10.2. The predicted octanol–water partition coefficient (Wildman–Crippen LogP) is 4.35. The lowest BCUT2D eigenvalue weighted by atomic mass is 10.0. The Balaban J connectivity index is 2.45. The predicted molar refractivity (Wildman–Crippen MR) is 82.1 cm³/mol. The molecule has 0 spiro atoms. The number of halogens is 2. The van der Waals surface area contributed by atoms with Crippen LogP contribution in [-0.2, 0) is 0 Å². The molecule has 0 fully saturated rings. The second kappa shape index (κ2) is 6.29. The number of ketones is 1. The molecule has 2 aromatic carbocycles. The maximum absolute atomic E-state index is 12.5. The van der Waals surface area contributed by atoms with Gasteiger partial charge in [0.25, 0.3) is 0 Å². The molecule has 0 aliphatic heterocycles. The molecular formula is C15H12BrClO3. The minimum Gasteiger partial charge on any atom is -0.497 e. The van der Waals surface area contributed by atoms with E-state index in [1.54, 1.807) is 43.5 Å². The largest absolute Gasteiger partial charge is 0.497 e. The third kappa shape index (κ3) is 2.97. The van der Waals surface area contributed by atoms with E-state index in [4.69, 9.17) is 21.1 Å². The quantitative estimate of drug-likeness (QED) is 0.765. The maximum atomic E-state index is 12.5. The number of hydrogen-bond acceptors (Lipinski definition) is 3. The van der Waals surface area contributed by atoms with Gasteiger partial charge in [0.1, 0.15) is 11.5 Å². The summed E-state index contributed by atoms with van der Waals surface area (Å²) in [5.41, 5.74) is 1.02. The summed E-state index contributed by atoms with van der Waals surface area (Å²) in [7, 11) is 3.07. The van der Waals surface area contributed by atoms with Crippen molar-refractivity contribution in [2.24, 2.45) is 0 Å². The minimum atomic E-state index is -0.134. The third-order valence-electron chi connectivity index (χ3n) is 2.83. The summed E-state index contributed by atoms with van der Waals surface area (Å²) in [4.78, 5) is 12.5. The Bertz CT molecular complexity index is 656. The zero-order valence-corrected chi connectivity index (χ0v) is 13.3. The molecule has 3 nitrogen and oxygen atoms in total. The van der Waals surface area contributed by atoms with Gasteiger partial charge in [-0.1, -0.05) is 27.5 Å². The van der Waals surface area contributed by atoms with E-state index < -0.39 is 0 Å². The molecule has 0 aliphatic rings. The van der Waals surface area contributed by atoms with Gasteiger partial charge in [0, 0.05) is 15.6 Å². The number of ether oxygens (including phenoxy) is 2. The molecule has 0 N–H and O–H groups in total. The Morgan fingerprint density at radius 3 is 2.50 bits per heavy atom. The van der Waals surface area contributed by atoms with E-state index in [1.165, 1.54) is 7.11 Å². The van der Waals surface area contributed by atoms with Crippen LogP contribution < -0.4 is 9.47 Å². The van der Waals surface area contributed by atoms with Crippen LogP contribution in [0, 0.1) is 0 Å². The summed E-state index contributed by atoms with van der Waals surface area (Å²) in [5, 5.41) is 0.466. The van der Waals surface area contributed by atoms with Crippen molar-refractivity contribution in [2.75, 3.05) is 14.2 Å². The van der Waals surface area contributed by atoms with E-state index >= 15 is 0 Å². The van der Waals surface area contributed by atoms with E-state index in [2.05, 4.69) is 15.9 Å². The fourth-order valence-electron chi connectivity index (χ4n) is 1.76. The topological polar surface area (TPSA) is 35.5 Å². The monoisotopic (exact) mass is 354 g/mol. The Hall–Kier alpha value is -1.52. The van der Waals surface area contributed by atoms with Gasteiger partial charge in [-0.3, -0.25) is 4.79 Å². The van der Waals surface area contributed by atoms with Crippen LogP contribution in [0.2, 0.25) is 5.02 Å². The summed E-state index contributed by atoms with van der Waals surface area (Å²) in [6.07, 6.45) is 0. The van der Waals surface area contributed by atoms with Crippen LogP contribution in [0.15, 0.2) is 40.9 Å². The van der Waals surface area contributed by atoms with E-state index in [1.807, 2.05) is 0 Å². The first-order valence-electron chi connectivity index (χ1n) is 5.78. The van der Waals surface area contributed by atoms with Gasteiger partial charge in [-0.2, -0.15) is 0 Å². The van der Waals surface area contributed by atoms with Gasteiger partial charge in [0.2, 0.25) is 0 Å². The minimum absolute atomic E-state index is 0.134. The molecule has 2 rings (SSSR count). The SMILES string of the molecule is COc1ccc(Br)c(C(=O)c2ccc(Cl)c(OC)c2)c1. The van der Waals surface area contributed by atoms with Crippen LogP contribution >= 0.6 is 27.5 Å². The molecule has 0 aliphatic carbocycles. The molecule has 0 atom stereocenters. The van der Waals surface area contributed by atoms with Crippen molar-refractivity contribution in [3.8, 4) is 11.5 Å². The van der Waals surface area contributed by atoms with Crippen molar-refractivity contribution in [3.63, 3.8) is 0 Å². The summed E-state index contributed by atoms with van der Waals surface area (Å²) < 4.78 is 11.0. The van der Waals surface area contributed by atoms with Crippen molar-refractivity contribution in [2.45, 2.75) is 0 Å². The Morgan fingerprint density at radius 1 is 1.10 bits per heavy atom. The van der Waals surface area contributed by atoms with Gasteiger partial charge in [-0.25, -0.2) is 0 Å². The highest BCUT2D eigenvalue weighted by atomic mass is 79.9.